The molecule has 114 valence electrons. The van der Waals surface area contributed by atoms with Gasteiger partial charge in [-0.1, -0.05) is 0 Å². The Hall–Kier alpha value is -1.18. The Labute approximate surface area is 118 Å². The van der Waals surface area contributed by atoms with Crippen LogP contribution in [-0.4, -0.2) is 66.4 Å². The fourth-order valence-electron chi connectivity index (χ4n) is 3.09. The molecule has 1 amide bonds. The highest BCUT2D eigenvalue weighted by Crippen LogP contribution is 2.35. The second kappa shape index (κ2) is 6.51. The van der Waals surface area contributed by atoms with Crippen LogP contribution in [0.5, 0.6) is 0 Å². The molecule has 0 bridgehead atoms. The number of nitrogens with zero attached hydrogens (tertiary/aromatic N) is 1. The summed E-state index contributed by atoms with van der Waals surface area (Å²) in [4.78, 5) is 23.8. The molecule has 7 nitrogen and oxygen atoms in total. The maximum atomic E-state index is 11.1. The van der Waals surface area contributed by atoms with Crippen molar-refractivity contribution in [3.05, 3.63) is 0 Å². The van der Waals surface area contributed by atoms with Gasteiger partial charge in [-0.15, -0.1) is 0 Å². The Balaban J connectivity index is 2.03. The van der Waals surface area contributed by atoms with Crippen molar-refractivity contribution in [1.82, 2.24) is 4.90 Å². The quantitative estimate of drug-likeness (QED) is 0.712. The standard InChI is InChI=1S/C13H22N2O5/c14-11(16)8-15(9-12(17)18)10-1-4-20-13(7-10)2-5-19-6-3-13/h10H,1-9H2,(H2,14,16)(H,17,18). The summed E-state index contributed by atoms with van der Waals surface area (Å²) in [7, 11) is 0. The minimum absolute atomic E-state index is 0.0189. The molecule has 2 aliphatic rings. The molecule has 2 fully saturated rings. The largest absolute Gasteiger partial charge is 0.480 e. The van der Waals surface area contributed by atoms with Crippen LogP contribution in [0.2, 0.25) is 0 Å². The van der Waals surface area contributed by atoms with Crippen LogP contribution in [-0.2, 0) is 19.1 Å². The first kappa shape index (κ1) is 15.2. The second-order valence-corrected chi connectivity index (χ2v) is 5.56. The number of hydrogen-bond acceptors (Lipinski definition) is 5. The van der Waals surface area contributed by atoms with Crippen molar-refractivity contribution in [2.24, 2.45) is 5.73 Å². The average molecular weight is 286 g/mol. The predicted molar refractivity (Wildman–Crippen MR) is 70.2 cm³/mol. The zero-order chi connectivity index (χ0) is 14.6. The van der Waals surface area contributed by atoms with Crippen LogP contribution >= 0.6 is 0 Å². The van der Waals surface area contributed by atoms with Gasteiger partial charge in [-0.3, -0.25) is 14.5 Å². The lowest BCUT2D eigenvalue weighted by atomic mass is 9.83. The fraction of sp³-hybridized carbons (Fsp3) is 0.846. The van der Waals surface area contributed by atoms with Crippen molar-refractivity contribution >= 4 is 11.9 Å². The molecular weight excluding hydrogens is 264 g/mol. The average Bonchev–Trinajstić information content (AvgIpc) is 2.38. The Kier molecular flexibility index (Phi) is 4.95. The molecule has 20 heavy (non-hydrogen) atoms. The van der Waals surface area contributed by atoms with Gasteiger partial charge in [0, 0.05) is 25.9 Å². The summed E-state index contributed by atoms with van der Waals surface area (Å²) in [5.41, 5.74) is 4.99. The fourth-order valence-corrected chi connectivity index (χ4v) is 3.09. The summed E-state index contributed by atoms with van der Waals surface area (Å²) in [6.45, 7) is 1.73. The van der Waals surface area contributed by atoms with Crippen LogP contribution in [0.3, 0.4) is 0 Å². The zero-order valence-corrected chi connectivity index (χ0v) is 11.5. The number of carbonyl (C=O) groups excluding carboxylic acids is 1. The van der Waals surface area contributed by atoms with Gasteiger partial charge in [0.15, 0.2) is 0 Å². The summed E-state index contributed by atoms with van der Waals surface area (Å²) >= 11 is 0. The van der Waals surface area contributed by atoms with E-state index in [0.717, 1.165) is 25.7 Å². The first-order chi connectivity index (χ1) is 9.51. The normalized spacial score (nSPS) is 25.8. The molecular formula is C13H22N2O5. The van der Waals surface area contributed by atoms with Crippen LogP contribution in [0.4, 0.5) is 0 Å². The molecule has 0 aromatic carbocycles. The number of ether oxygens (including phenoxy) is 2. The Morgan fingerprint density at radius 2 is 1.95 bits per heavy atom. The molecule has 3 N–H and O–H groups in total. The maximum absolute atomic E-state index is 11.1. The molecule has 1 unspecified atom stereocenters. The highest BCUT2D eigenvalue weighted by molar-refractivity contribution is 5.77. The van der Waals surface area contributed by atoms with Crippen molar-refractivity contribution in [3.63, 3.8) is 0 Å². The summed E-state index contributed by atoms with van der Waals surface area (Å²) in [5.74, 6) is -1.45. The number of hydrogen-bond donors (Lipinski definition) is 2. The van der Waals surface area contributed by atoms with E-state index in [0.29, 0.717) is 19.8 Å². The number of aliphatic carboxylic acids is 1. The number of carboxylic acid groups (broad SMARTS) is 1. The zero-order valence-electron chi connectivity index (χ0n) is 11.5. The Bertz CT molecular complexity index is 346. The lowest BCUT2D eigenvalue weighted by molar-refractivity contribution is -0.157. The maximum Gasteiger partial charge on any atom is 0.317 e. The van der Waals surface area contributed by atoms with Crippen molar-refractivity contribution in [1.29, 1.82) is 0 Å². The van der Waals surface area contributed by atoms with E-state index in [9.17, 15) is 9.59 Å². The molecule has 0 saturated carbocycles. The number of carbonyl (C=O) groups is 2. The summed E-state index contributed by atoms with van der Waals surface area (Å²) in [5, 5.41) is 8.98. The SMILES string of the molecule is NC(=O)CN(CC(=O)O)C1CCOC2(CCOCC2)C1. The third-order valence-corrected chi connectivity index (χ3v) is 4.08. The molecule has 0 aromatic rings. The molecule has 2 saturated heterocycles. The summed E-state index contributed by atoms with van der Waals surface area (Å²) < 4.78 is 11.3. The van der Waals surface area contributed by atoms with Gasteiger partial charge < -0.3 is 20.3 Å². The van der Waals surface area contributed by atoms with Gasteiger partial charge in [-0.2, -0.15) is 0 Å². The molecule has 1 atom stereocenters. The topological polar surface area (TPSA) is 102 Å². The lowest BCUT2D eigenvalue weighted by Gasteiger charge is -2.45. The summed E-state index contributed by atoms with van der Waals surface area (Å²) in [6, 6.07) is 0.0189. The van der Waals surface area contributed by atoms with E-state index in [1.54, 1.807) is 4.90 Å². The van der Waals surface area contributed by atoms with Gasteiger partial charge in [0.2, 0.25) is 5.91 Å². The van der Waals surface area contributed by atoms with Gasteiger partial charge in [-0.25, -0.2) is 0 Å². The lowest BCUT2D eigenvalue weighted by Crippen LogP contribution is -2.53. The number of amides is 1. The summed E-state index contributed by atoms with van der Waals surface area (Å²) in [6.07, 6.45) is 3.10. The van der Waals surface area contributed by atoms with Gasteiger partial charge in [0.25, 0.3) is 0 Å². The van der Waals surface area contributed by atoms with Crippen molar-refractivity contribution in [2.45, 2.75) is 37.3 Å². The first-order valence-corrected chi connectivity index (χ1v) is 6.97. The van der Waals surface area contributed by atoms with Crippen molar-refractivity contribution < 1.29 is 24.2 Å². The Morgan fingerprint density at radius 1 is 1.25 bits per heavy atom. The third kappa shape index (κ3) is 3.91. The van der Waals surface area contributed by atoms with Crippen LogP contribution < -0.4 is 5.73 Å². The van der Waals surface area contributed by atoms with E-state index < -0.39 is 11.9 Å². The first-order valence-electron chi connectivity index (χ1n) is 6.97. The minimum Gasteiger partial charge on any atom is -0.480 e. The van der Waals surface area contributed by atoms with E-state index in [-0.39, 0.29) is 24.7 Å². The predicted octanol–water partition coefficient (Wildman–Crippen LogP) is -0.413. The molecule has 2 rings (SSSR count). The van der Waals surface area contributed by atoms with Crippen LogP contribution in [0.25, 0.3) is 0 Å². The highest BCUT2D eigenvalue weighted by Gasteiger charge is 2.41. The number of rotatable bonds is 5. The van der Waals surface area contributed by atoms with Crippen LogP contribution in [0, 0.1) is 0 Å². The van der Waals surface area contributed by atoms with Gasteiger partial charge in [0.05, 0.1) is 18.7 Å². The molecule has 1 spiro atoms. The molecule has 0 aliphatic carbocycles. The van der Waals surface area contributed by atoms with Gasteiger partial charge in [-0.05, 0) is 25.7 Å². The van der Waals surface area contributed by atoms with Crippen molar-refractivity contribution in [3.8, 4) is 0 Å². The number of nitrogens with two attached hydrogens (primary N) is 1. The van der Waals surface area contributed by atoms with E-state index in [4.69, 9.17) is 20.3 Å². The molecule has 0 aromatic heterocycles. The van der Waals surface area contributed by atoms with E-state index in [1.165, 1.54) is 0 Å². The smallest absolute Gasteiger partial charge is 0.317 e. The molecule has 0 radical (unpaired) electrons. The second-order valence-electron chi connectivity index (χ2n) is 5.56. The van der Waals surface area contributed by atoms with Gasteiger partial charge >= 0.3 is 5.97 Å². The van der Waals surface area contributed by atoms with E-state index in [1.807, 2.05) is 0 Å². The highest BCUT2D eigenvalue weighted by atomic mass is 16.5. The number of primary amides is 1. The molecule has 2 aliphatic heterocycles. The number of carboxylic acids is 1. The van der Waals surface area contributed by atoms with E-state index >= 15 is 0 Å². The molecule has 2 heterocycles. The third-order valence-electron chi connectivity index (χ3n) is 4.08. The monoisotopic (exact) mass is 286 g/mol. The van der Waals surface area contributed by atoms with E-state index in [2.05, 4.69) is 0 Å². The van der Waals surface area contributed by atoms with Crippen LogP contribution in [0.1, 0.15) is 25.7 Å². The Morgan fingerprint density at radius 3 is 2.55 bits per heavy atom. The minimum atomic E-state index is -0.946. The van der Waals surface area contributed by atoms with Crippen LogP contribution in [0.15, 0.2) is 0 Å². The van der Waals surface area contributed by atoms with Crippen molar-refractivity contribution in [2.75, 3.05) is 32.9 Å². The molecule has 7 heteroatoms. The van der Waals surface area contributed by atoms with Gasteiger partial charge in [0.1, 0.15) is 0 Å².